The van der Waals surface area contributed by atoms with E-state index < -0.39 is 17.5 Å². The largest absolute Gasteiger partial charge is 0.365 e. The fourth-order valence-corrected chi connectivity index (χ4v) is 3.14. The molecular formula is C21H17F2N5O. The lowest BCUT2D eigenvalue weighted by Gasteiger charge is -2.13. The number of amides is 1. The Hall–Kier alpha value is -3.81. The summed E-state index contributed by atoms with van der Waals surface area (Å²) in [4.78, 5) is 23.6. The minimum Gasteiger partial charge on any atom is -0.365 e. The fraction of sp³-hybridized carbons (Fsp3) is 0.0952. The van der Waals surface area contributed by atoms with Crippen LogP contribution in [0.15, 0.2) is 48.7 Å². The van der Waals surface area contributed by atoms with Crippen molar-refractivity contribution in [1.82, 2.24) is 15.0 Å². The van der Waals surface area contributed by atoms with Crippen LogP contribution in [0, 0.1) is 11.6 Å². The molecule has 8 heteroatoms. The molecule has 0 aliphatic rings. The number of pyridine rings is 1. The van der Waals surface area contributed by atoms with Crippen LogP contribution in [0.3, 0.4) is 0 Å². The molecule has 0 atom stereocenters. The van der Waals surface area contributed by atoms with E-state index >= 15 is 0 Å². The van der Waals surface area contributed by atoms with Gasteiger partial charge in [0, 0.05) is 17.4 Å². The predicted molar refractivity (Wildman–Crippen MR) is 107 cm³/mol. The molecule has 29 heavy (non-hydrogen) atoms. The number of rotatable bonds is 5. The van der Waals surface area contributed by atoms with Crippen LogP contribution in [0.5, 0.6) is 0 Å². The number of carbonyl (C=O) groups is 1. The van der Waals surface area contributed by atoms with Gasteiger partial charge in [0.1, 0.15) is 11.3 Å². The third-order valence-electron chi connectivity index (χ3n) is 4.64. The van der Waals surface area contributed by atoms with Gasteiger partial charge in [-0.15, -0.1) is 0 Å². The summed E-state index contributed by atoms with van der Waals surface area (Å²) in [5, 5.41) is 3.26. The van der Waals surface area contributed by atoms with Crippen LogP contribution >= 0.6 is 0 Å². The van der Waals surface area contributed by atoms with Crippen LogP contribution in [0.25, 0.3) is 22.6 Å². The minimum atomic E-state index is -0.982. The molecule has 2 heterocycles. The van der Waals surface area contributed by atoms with E-state index in [2.05, 4.69) is 20.3 Å². The van der Waals surface area contributed by atoms with Gasteiger partial charge in [0.05, 0.1) is 11.3 Å². The normalized spacial score (nSPS) is 11.0. The number of hydrogen-bond donors (Lipinski definition) is 3. The highest BCUT2D eigenvalue weighted by atomic mass is 19.2. The molecule has 4 rings (SSSR count). The molecule has 2 aromatic carbocycles. The summed E-state index contributed by atoms with van der Waals surface area (Å²) in [7, 11) is 0. The topological polar surface area (TPSA) is 96.7 Å². The van der Waals surface area contributed by atoms with Crippen LogP contribution in [0.4, 0.5) is 20.2 Å². The maximum Gasteiger partial charge on any atom is 0.252 e. The third kappa shape index (κ3) is 3.40. The second-order valence-electron chi connectivity index (χ2n) is 6.46. The standard InChI is InChI=1S/C21H17F2N5O/c1-2-11-5-3-4-6-16(11)26-17-13(19(24)29)10-25-21-18(17)27-20(28-21)12-7-8-14(22)15(23)9-12/h3-10H,2H2,1H3,(H2,24,29)(H2,25,26,27,28). The number of aromatic nitrogens is 3. The number of halogens is 2. The van der Waals surface area contributed by atoms with Gasteiger partial charge >= 0.3 is 0 Å². The molecule has 0 unspecified atom stereocenters. The quantitative estimate of drug-likeness (QED) is 0.471. The Morgan fingerprint density at radius 3 is 2.69 bits per heavy atom. The summed E-state index contributed by atoms with van der Waals surface area (Å²) in [6.45, 7) is 2.02. The minimum absolute atomic E-state index is 0.184. The lowest BCUT2D eigenvalue weighted by molar-refractivity contribution is 0.100. The van der Waals surface area contributed by atoms with E-state index in [0.29, 0.717) is 28.2 Å². The van der Waals surface area contributed by atoms with Crippen molar-refractivity contribution in [3.05, 3.63) is 71.4 Å². The van der Waals surface area contributed by atoms with Crippen LogP contribution in [-0.4, -0.2) is 20.9 Å². The smallest absolute Gasteiger partial charge is 0.252 e. The first-order chi connectivity index (χ1) is 14.0. The van der Waals surface area contributed by atoms with Crippen molar-refractivity contribution in [3.8, 4) is 11.4 Å². The number of H-pyrrole nitrogens is 1. The Kier molecular flexibility index (Phi) is 4.67. The highest BCUT2D eigenvalue weighted by Gasteiger charge is 2.18. The summed E-state index contributed by atoms with van der Waals surface area (Å²) >= 11 is 0. The Morgan fingerprint density at radius 2 is 1.97 bits per heavy atom. The van der Waals surface area contributed by atoms with Crippen molar-refractivity contribution in [2.45, 2.75) is 13.3 Å². The first-order valence-electron chi connectivity index (χ1n) is 8.96. The number of nitrogens with two attached hydrogens (primary N) is 1. The molecule has 0 fully saturated rings. The van der Waals surface area contributed by atoms with Crippen molar-refractivity contribution in [3.63, 3.8) is 0 Å². The number of aryl methyl sites for hydroxylation is 1. The number of anilines is 2. The van der Waals surface area contributed by atoms with Crippen LogP contribution in [0.2, 0.25) is 0 Å². The molecule has 0 saturated heterocycles. The SMILES string of the molecule is CCc1ccccc1Nc1c(C(N)=O)cnc2nc(-c3ccc(F)c(F)c3)[nH]c12. The number of fused-ring (bicyclic) bond motifs is 1. The van der Waals surface area contributed by atoms with Gasteiger partial charge in [-0.2, -0.15) is 0 Å². The average Bonchev–Trinajstić information content (AvgIpc) is 3.15. The second kappa shape index (κ2) is 7.31. The molecule has 1 amide bonds. The van der Waals surface area contributed by atoms with Crippen LogP contribution < -0.4 is 11.1 Å². The number of carbonyl (C=O) groups excluding carboxylic acids is 1. The van der Waals surface area contributed by atoms with Crippen molar-refractivity contribution in [2.75, 3.05) is 5.32 Å². The molecule has 146 valence electrons. The molecule has 0 spiro atoms. The summed E-state index contributed by atoms with van der Waals surface area (Å²) in [6, 6.07) is 11.2. The molecule has 2 aromatic heterocycles. The van der Waals surface area contributed by atoms with E-state index in [-0.39, 0.29) is 5.56 Å². The molecular weight excluding hydrogens is 376 g/mol. The van der Waals surface area contributed by atoms with Gasteiger partial charge < -0.3 is 16.0 Å². The fourth-order valence-electron chi connectivity index (χ4n) is 3.14. The number of para-hydroxylation sites is 1. The molecule has 0 bridgehead atoms. The molecule has 6 nitrogen and oxygen atoms in total. The maximum absolute atomic E-state index is 13.6. The summed E-state index contributed by atoms with van der Waals surface area (Å²) in [6.07, 6.45) is 2.13. The number of hydrogen-bond acceptors (Lipinski definition) is 4. The maximum atomic E-state index is 13.6. The number of benzene rings is 2. The van der Waals surface area contributed by atoms with E-state index in [9.17, 15) is 13.6 Å². The zero-order chi connectivity index (χ0) is 20.5. The monoisotopic (exact) mass is 393 g/mol. The van der Waals surface area contributed by atoms with Gasteiger partial charge in [-0.1, -0.05) is 25.1 Å². The average molecular weight is 393 g/mol. The molecule has 0 saturated carbocycles. The zero-order valence-electron chi connectivity index (χ0n) is 15.5. The first kappa shape index (κ1) is 18.5. The van der Waals surface area contributed by atoms with E-state index in [0.717, 1.165) is 29.8 Å². The lowest BCUT2D eigenvalue weighted by atomic mass is 10.1. The van der Waals surface area contributed by atoms with E-state index in [1.54, 1.807) is 0 Å². The number of nitrogens with one attached hydrogen (secondary N) is 2. The van der Waals surface area contributed by atoms with E-state index in [1.165, 1.54) is 12.3 Å². The van der Waals surface area contributed by atoms with Gasteiger partial charge in [0.15, 0.2) is 17.3 Å². The lowest BCUT2D eigenvalue weighted by Crippen LogP contribution is -2.14. The molecule has 0 radical (unpaired) electrons. The predicted octanol–water partition coefficient (Wildman–Crippen LogP) is 4.31. The molecule has 0 aliphatic carbocycles. The number of primary amides is 1. The number of aromatic amines is 1. The number of imidazole rings is 1. The van der Waals surface area contributed by atoms with Crippen molar-refractivity contribution >= 4 is 28.4 Å². The first-order valence-corrected chi connectivity index (χ1v) is 8.96. The van der Waals surface area contributed by atoms with Crippen molar-refractivity contribution in [2.24, 2.45) is 5.73 Å². The third-order valence-corrected chi connectivity index (χ3v) is 4.64. The Balaban J connectivity index is 1.89. The van der Waals surface area contributed by atoms with Gasteiger partial charge in [-0.25, -0.2) is 18.7 Å². The zero-order valence-corrected chi connectivity index (χ0v) is 15.5. The highest BCUT2D eigenvalue weighted by Crippen LogP contribution is 2.31. The van der Waals surface area contributed by atoms with Crippen LogP contribution in [-0.2, 0) is 6.42 Å². The summed E-state index contributed by atoms with van der Waals surface area (Å²) < 4.78 is 26.9. The van der Waals surface area contributed by atoms with Gasteiger partial charge in [-0.3, -0.25) is 4.79 Å². The van der Waals surface area contributed by atoms with Gasteiger partial charge in [0.25, 0.3) is 5.91 Å². The Bertz CT molecular complexity index is 1240. The Labute approximate surface area is 164 Å². The molecule has 4 N–H and O–H groups in total. The van der Waals surface area contributed by atoms with Crippen molar-refractivity contribution < 1.29 is 13.6 Å². The summed E-state index contributed by atoms with van der Waals surface area (Å²) in [5.74, 6) is -2.29. The Morgan fingerprint density at radius 1 is 1.17 bits per heavy atom. The van der Waals surface area contributed by atoms with Crippen molar-refractivity contribution in [1.29, 1.82) is 0 Å². The van der Waals surface area contributed by atoms with E-state index in [1.807, 2.05) is 31.2 Å². The molecule has 0 aliphatic heterocycles. The summed E-state index contributed by atoms with van der Waals surface area (Å²) in [5.41, 5.74) is 9.11. The van der Waals surface area contributed by atoms with Gasteiger partial charge in [0.2, 0.25) is 0 Å². The van der Waals surface area contributed by atoms with E-state index in [4.69, 9.17) is 5.73 Å². The number of nitrogens with zero attached hydrogens (tertiary/aromatic N) is 2. The second-order valence-corrected chi connectivity index (χ2v) is 6.46. The van der Waals surface area contributed by atoms with Gasteiger partial charge in [-0.05, 0) is 36.2 Å². The highest BCUT2D eigenvalue weighted by molar-refractivity contribution is 6.06. The molecule has 4 aromatic rings. The van der Waals surface area contributed by atoms with Crippen LogP contribution in [0.1, 0.15) is 22.8 Å².